The first kappa shape index (κ1) is 10.7. The highest BCUT2D eigenvalue weighted by molar-refractivity contribution is 7.11. The summed E-state index contributed by atoms with van der Waals surface area (Å²) in [5, 5.41) is 3.43. The molecular formula is C11H19NS. The SMILES string of the molecule is CCc1ccc(CCNC(C)C)s1. The third-order valence-electron chi connectivity index (χ3n) is 1.99. The van der Waals surface area contributed by atoms with Crippen molar-refractivity contribution in [1.29, 1.82) is 0 Å². The zero-order valence-corrected chi connectivity index (χ0v) is 9.58. The van der Waals surface area contributed by atoms with Gasteiger partial charge in [-0.1, -0.05) is 20.8 Å². The van der Waals surface area contributed by atoms with Crippen molar-refractivity contribution in [2.24, 2.45) is 0 Å². The van der Waals surface area contributed by atoms with Crippen LogP contribution in [-0.4, -0.2) is 12.6 Å². The fourth-order valence-corrected chi connectivity index (χ4v) is 2.19. The van der Waals surface area contributed by atoms with Gasteiger partial charge in [-0.2, -0.15) is 0 Å². The van der Waals surface area contributed by atoms with Crippen molar-refractivity contribution in [2.75, 3.05) is 6.54 Å². The summed E-state index contributed by atoms with van der Waals surface area (Å²) in [4.78, 5) is 3.00. The summed E-state index contributed by atoms with van der Waals surface area (Å²) < 4.78 is 0. The van der Waals surface area contributed by atoms with E-state index in [9.17, 15) is 0 Å². The van der Waals surface area contributed by atoms with E-state index in [-0.39, 0.29) is 0 Å². The summed E-state index contributed by atoms with van der Waals surface area (Å²) in [6, 6.07) is 5.10. The molecule has 0 aromatic carbocycles. The quantitative estimate of drug-likeness (QED) is 0.765. The molecule has 0 saturated carbocycles. The third-order valence-corrected chi connectivity index (χ3v) is 3.28. The molecule has 1 aromatic rings. The van der Waals surface area contributed by atoms with Gasteiger partial charge in [0.25, 0.3) is 0 Å². The van der Waals surface area contributed by atoms with Gasteiger partial charge < -0.3 is 5.32 Å². The van der Waals surface area contributed by atoms with E-state index in [1.165, 1.54) is 22.6 Å². The molecule has 0 spiro atoms. The van der Waals surface area contributed by atoms with E-state index in [0.717, 1.165) is 6.54 Å². The zero-order chi connectivity index (χ0) is 9.68. The highest BCUT2D eigenvalue weighted by Gasteiger charge is 1.98. The van der Waals surface area contributed by atoms with E-state index in [1.54, 1.807) is 0 Å². The normalized spacial score (nSPS) is 11.1. The minimum atomic E-state index is 0.602. The Bertz CT molecular complexity index is 240. The molecule has 0 fully saturated rings. The largest absolute Gasteiger partial charge is 0.314 e. The number of aryl methyl sites for hydroxylation is 1. The molecule has 0 atom stereocenters. The summed E-state index contributed by atoms with van der Waals surface area (Å²) >= 11 is 1.94. The second-order valence-corrected chi connectivity index (χ2v) is 4.83. The van der Waals surface area contributed by atoms with Crippen LogP contribution in [0, 0.1) is 0 Å². The third kappa shape index (κ3) is 3.92. The molecule has 1 N–H and O–H groups in total. The second-order valence-electron chi connectivity index (χ2n) is 3.58. The first-order valence-electron chi connectivity index (χ1n) is 5.03. The van der Waals surface area contributed by atoms with Crippen LogP contribution in [0.4, 0.5) is 0 Å². The average Bonchev–Trinajstić information content (AvgIpc) is 2.52. The Morgan fingerprint density at radius 3 is 2.54 bits per heavy atom. The van der Waals surface area contributed by atoms with E-state index < -0.39 is 0 Å². The van der Waals surface area contributed by atoms with Crippen LogP contribution >= 0.6 is 11.3 Å². The Labute approximate surface area is 85.2 Å². The van der Waals surface area contributed by atoms with Gasteiger partial charge >= 0.3 is 0 Å². The lowest BCUT2D eigenvalue weighted by molar-refractivity contribution is 0.592. The summed E-state index contributed by atoms with van der Waals surface area (Å²) in [5.41, 5.74) is 0. The van der Waals surface area contributed by atoms with Crippen molar-refractivity contribution in [2.45, 2.75) is 39.7 Å². The van der Waals surface area contributed by atoms with Gasteiger partial charge in [0, 0.05) is 22.3 Å². The number of rotatable bonds is 5. The van der Waals surface area contributed by atoms with Gasteiger partial charge in [-0.15, -0.1) is 11.3 Å². The number of nitrogens with one attached hydrogen (secondary N) is 1. The molecule has 1 heterocycles. The van der Waals surface area contributed by atoms with Crippen molar-refractivity contribution >= 4 is 11.3 Å². The molecule has 1 aromatic heterocycles. The van der Waals surface area contributed by atoms with Crippen LogP contribution in [0.25, 0.3) is 0 Å². The van der Waals surface area contributed by atoms with E-state index in [4.69, 9.17) is 0 Å². The Morgan fingerprint density at radius 1 is 1.31 bits per heavy atom. The van der Waals surface area contributed by atoms with Gasteiger partial charge in [-0.25, -0.2) is 0 Å². The molecule has 0 amide bonds. The van der Waals surface area contributed by atoms with Crippen molar-refractivity contribution in [3.63, 3.8) is 0 Å². The van der Waals surface area contributed by atoms with Crippen molar-refractivity contribution in [3.8, 4) is 0 Å². The molecule has 1 nitrogen and oxygen atoms in total. The Hall–Kier alpha value is -0.340. The van der Waals surface area contributed by atoms with Crippen molar-refractivity contribution in [3.05, 3.63) is 21.9 Å². The minimum Gasteiger partial charge on any atom is -0.314 e. The van der Waals surface area contributed by atoms with Gasteiger partial charge in [0.1, 0.15) is 0 Å². The highest BCUT2D eigenvalue weighted by Crippen LogP contribution is 2.16. The zero-order valence-electron chi connectivity index (χ0n) is 8.76. The molecule has 0 saturated heterocycles. The van der Waals surface area contributed by atoms with Gasteiger partial charge in [0.15, 0.2) is 0 Å². The summed E-state index contributed by atoms with van der Waals surface area (Å²) in [6.45, 7) is 7.68. The fraction of sp³-hybridized carbons (Fsp3) is 0.636. The smallest absolute Gasteiger partial charge is 0.00608 e. The molecule has 0 aliphatic heterocycles. The van der Waals surface area contributed by atoms with E-state index >= 15 is 0 Å². The number of thiophene rings is 1. The monoisotopic (exact) mass is 197 g/mol. The van der Waals surface area contributed by atoms with Crippen LogP contribution in [0.15, 0.2) is 12.1 Å². The molecule has 13 heavy (non-hydrogen) atoms. The average molecular weight is 197 g/mol. The second kappa shape index (κ2) is 5.40. The maximum absolute atomic E-state index is 3.43. The first-order chi connectivity index (χ1) is 6.22. The number of hydrogen-bond donors (Lipinski definition) is 1. The minimum absolute atomic E-state index is 0.602. The lowest BCUT2D eigenvalue weighted by Gasteiger charge is -2.05. The van der Waals surface area contributed by atoms with Crippen LogP contribution in [0.3, 0.4) is 0 Å². The predicted molar refractivity (Wildman–Crippen MR) is 60.5 cm³/mol. The topological polar surface area (TPSA) is 12.0 Å². The summed E-state index contributed by atoms with van der Waals surface area (Å²) in [7, 11) is 0. The van der Waals surface area contributed by atoms with Gasteiger partial charge in [0.05, 0.1) is 0 Å². The van der Waals surface area contributed by atoms with E-state index in [2.05, 4.69) is 38.2 Å². The van der Waals surface area contributed by atoms with E-state index in [1.807, 2.05) is 11.3 Å². The molecule has 0 radical (unpaired) electrons. The van der Waals surface area contributed by atoms with Crippen LogP contribution in [0.5, 0.6) is 0 Å². The maximum atomic E-state index is 3.43. The first-order valence-corrected chi connectivity index (χ1v) is 5.85. The van der Waals surface area contributed by atoms with Crippen molar-refractivity contribution < 1.29 is 0 Å². The Balaban J connectivity index is 2.28. The van der Waals surface area contributed by atoms with Crippen LogP contribution in [0.2, 0.25) is 0 Å². The number of hydrogen-bond acceptors (Lipinski definition) is 2. The Kier molecular flexibility index (Phi) is 4.46. The maximum Gasteiger partial charge on any atom is 0.00608 e. The van der Waals surface area contributed by atoms with Crippen LogP contribution < -0.4 is 5.32 Å². The molecule has 0 unspecified atom stereocenters. The Morgan fingerprint density at radius 2 is 2.00 bits per heavy atom. The fourth-order valence-electron chi connectivity index (χ4n) is 1.23. The van der Waals surface area contributed by atoms with Crippen LogP contribution in [-0.2, 0) is 12.8 Å². The lowest BCUT2D eigenvalue weighted by Crippen LogP contribution is -2.24. The molecule has 1 rings (SSSR count). The molecular weight excluding hydrogens is 178 g/mol. The molecule has 0 aliphatic carbocycles. The molecule has 74 valence electrons. The van der Waals surface area contributed by atoms with Crippen LogP contribution in [0.1, 0.15) is 30.5 Å². The van der Waals surface area contributed by atoms with Crippen molar-refractivity contribution in [1.82, 2.24) is 5.32 Å². The summed E-state index contributed by atoms with van der Waals surface area (Å²) in [6.07, 6.45) is 2.34. The highest BCUT2D eigenvalue weighted by atomic mass is 32.1. The molecule has 0 bridgehead atoms. The van der Waals surface area contributed by atoms with Gasteiger partial charge in [-0.05, 0) is 25.0 Å². The standard InChI is InChI=1S/C11H19NS/c1-4-10-5-6-11(13-10)7-8-12-9(2)3/h5-6,9,12H,4,7-8H2,1-3H3. The molecule has 0 aliphatic rings. The predicted octanol–water partition coefficient (Wildman–Crippen LogP) is 2.85. The molecule has 2 heteroatoms. The lowest BCUT2D eigenvalue weighted by atomic mass is 10.3. The summed E-state index contributed by atoms with van der Waals surface area (Å²) in [5.74, 6) is 0. The van der Waals surface area contributed by atoms with E-state index in [0.29, 0.717) is 6.04 Å². The van der Waals surface area contributed by atoms with Gasteiger partial charge in [0.2, 0.25) is 0 Å². The van der Waals surface area contributed by atoms with Gasteiger partial charge in [-0.3, -0.25) is 0 Å².